The van der Waals surface area contributed by atoms with Gasteiger partial charge in [0.15, 0.2) is 0 Å². The van der Waals surface area contributed by atoms with E-state index >= 15 is 0 Å². The summed E-state index contributed by atoms with van der Waals surface area (Å²) in [4.78, 5) is 10.9. The monoisotopic (exact) mass is 273 g/mol. The van der Waals surface area contributed by atoms with E-state index in [2.05, 4.69) is 27.9 Å². The summed E-state index contributed by atoms with van der Waals surface area (Å²) in [5.74, 6) is 1.97. The van der Waals surface area contributed by atoms with Gasteiger partial charge in [-0.3, -0.25) is 0 Å². The molecule has 20 heavy (non-hydrogen) atoms. The maximum absolute atomic E-state index is 5.96. The van der Waals surface area contributed by atoms with Crippen LogP contribution in [-0.2, 0) is 20.0 Å². The summed E-state index contributed by atoms with van der Waals surface area (Å²) in [5, 5.41) is 0. The molecule has 5 heteroatoms. The van der Waals surface area contributed by atoms with Crippen molar-refractivity contribution in [3.63, 3.8) is 0 Å². The van der Waals surface area contributed by atoms with Crippen LogP contribution >= 0.6 is 0 Å². The second kappa shape index (κ2) is 6.52. The van der Waals surface area contributed by atoms with Crippen molar-refractivity contribution in [3.05, 3.63) is 42.1 Å². The fourth-order valence-corrected chi connectivity index (χ4v) is 2.05. The molecular weight excluding hydrogens is 250 g/mol. The molecule has 1 unspecified atom stereocenters. The summed E-state index contributed by atoms with van der Waals surface area (Å²) in [5.41, 5.74) is 7.15. The Bertz CT molecular complexity index is 531. The van der Waals surface area contributed by atoms with Gasteiger partial charge >= 0.3 is 0 Å². The average molecular weight is 273 g/mol. The number of rotatable bonds is 6. The van der Waals surface area contributed by atoms with Crippen LogP contribution in [0.2, 0.25) is 0 Å². The van der Waals surface area contributed by atoms with E-state index in [4.69, 9.17) is 5.73 Å². The van der Waals surface area contributed by atoms with Gasteiger partial charge in [0.05, 0.1) is 6.54 Å². The zero-order valence-corrected chi connectivity index (χ0v) is 12.5. The van der Waals surface area contributed by atoms with Crippen molar-refractivity contribution in [3.8, 4) is 0 Å². The van der Waals surface area contributed by atoms with Crippen LogP contribution in [0.3, 0.4) is 0 Å². The van der Waals surface area contributed by atoms with Crippen LogP contribution in [0, 0.1) is 0 Å². The molecule has 108 valence electrons. The van der Waals surface area contributed by atoms with Gasteiger partial charge in [-0.15, -0.1) is 0 Å². The van der Waals surface area contributed by atoms with E-state index < -0.39 is 0 Å². The number of anilines is 1. The number of hydrogen-bond acceptors (Lipinski definition) is 4. The van der Waals surface area contributed by atoms with Crippen LogP contribution in [0.15, 0.2) is 30.7 Å². The molecule has 1 atom stereocenters. The quantitative estimate of drug-likeness (QED) is 0.871. The first-order valence-electron chi connectivity index (χ1n) is 6.98. The standard InChI is InChI=1S/C15H23N5/c1-4-13(16)9-12-5-6-14(18-10-12)20(3)11-15-17-7-8-19(15)2/h5-8,10,13H,4,9,11,16H2,1-3H3. The van der Waals surface area contributed by atoms with Crippen LogP contribution < -0.4 is 10.6 Å². The smallest absolute Gasteiger partial charge is 0.128 e. The molecule has 0 aliphatic carbocycles. The Balaban J connectivity index is 2.00. The maximum atomic E-state index is 5.96. The Hall–Kier alpha value is -1.88. The third kappa shape index (κ3) is 3.57. The molecule has 2 aromatic rings. The zero-order chi connectivity index (χ0) is 14.5. The fraction of sp³-hybridized carbons (Fsp3) is 0.467. The Morgan fingerprint density at radius 3 is 2.70 bits per heavy atom. The molecular formula is C15H23N5. The van der Waals surface area contributed by atoms with Gasteiger partial charge in [-0.2, -0.15) is 0 Å². The molecule has 2 N–H and O–H groups in total. The number of nitrogens with two attached hydrogens (primary N) is 1. The summed E-state index contributed by atoms with van der Waals surface area (Å²) in [7, 11) is 4.02. The number of aromatic nitrogens is 3. The summed E-state index contributed by atoms with van der Waals surface area (Å²) in [6.07, 6.45) is 7.55. The first kappa shape index (κ1) is 14.5. The molecule has 0 radical (unpaired) electrons. The Labute approximate surface area is 120 Å². The summed E-state index contributed by atoms with van der Waals surface area (Å²) >= 11 is 0. The second-order valence-corrected chi connectivity index (χ2v) is 5.21. The van der Waals surface area contributed by atoms with Crippen LogP contribution in [0.25, 0.3) is 0 Å². The van der Waals surface area contributed by atoms with Gasteiger partial charge in [0.25, 0.3) is 0 Å². The Kier molecular flexibility index (Phi) is 4.74. The molecule has 0 aromatic carbocycles. The highest BCUT2D eigenvalue weighted by molar-refractivity contribution is 5.38. The molecule has 2 heterocycles. The molecule has 0 aliphatic heterocycles. The number of aryl methyl sites for hydroxylation is 1. The third-order valence-electron chi connectivity index (χ3n) is 3.52. The lowest BCUT2D eigenvalue weighted by atomic mass is 10.1. The van der Waals surface area contributed by atoms with Crippen LogP contribution in [-0.4, -0.2) is 27.6 Å². The average Bonchev–Trinajstić information content (AvgIpc) is 2.85. The van der Waals surface area contributed by atoms with E-state index in [1.807, 2.05) is 43.3 Å². The number of pyridine rings is 1. The third-order valence-corrected chi connectivity index (χ3v) is 3.52. The minimum atomic E-state index is 0.216. The second-order valence-electron chi connectivity index (χ2n) is 5.21. The Morgan fingerprint density at radius 1 is 1.35 bits per heavy atom. The fourth-order valence-electron chi connectivity index (χ4n) is 2.05. The highest BCUT2D eigenvalue weighted by atomic mass is 15.2. The lowest BCUT2D eigenvalue weighted by Gasteiger charge is -2.18. The predicted molar refractivity (Wildman–Crippen MR) is 81.5 cm³/mol. The SMILES string of the molecule is CCC(N)Cc1ccc(N(C)Cc2nccn2C)nc1. The van der Waals surface area contributed by atoms with Gasteiger partial charge in [-0.25, -0.2) is 9.97 Å². The first-order chi connectivity index (χ1) is 9.60. The number of hydrogen-bond donors (Lipinski definition) is 1. The van der Waals surface area contributed by atoms with E-state index in [9.17, 15) is 0 Å². The highest BCUT2D eigenvalue weighted by Gasteiger charge is 2.08. The first-order valence-corrected chi connectivity index (χ1v) is 6.98. The van der Waals surface area contributed by atoms with E-state index in [0.717, 1.165) is 31.0 Å². The van der Waals surface area contributed by atoms with Crippen molar-refractivity contribution in [1.82, 2.24) is 14.5 Å². The van der Waals surface area contributed by atoms with Crippen molar-refractivity contribution in [2.45, 2.75) is 32.4 Å². The number of nitrogens with zero attached hydrogens (tertiary/aromatic N) is 4. The van der Waals surface area contributed by atoms with Crippen molar-refractivity contribution >= 4 is 5.82 Å². The molecule has 0 amide bonds. The maximum Gasteiger partial charge on any atom is 0.128 e. The van der Waals surface area contributed by atoms with Gasteiger partial charge in [0.2, 0.25) is 0 Å². The molecule has 2 aromatic heterocycles. The lowest BCUT2D eigenvalue weighted by molar-refractivity contribution is 0.645. The molecule has 2 rings (SSSR count). The Morgan fingerprint density at radius 2 is 2.15 bits per heavy atom. The van der Waals surface area contributed by atoms with Gasteiger partial charge in [0.1, 0.15) is 11.6 Å². The molecule has 0 fully saturated rings. The largest absolute Gasteiger partial charge is 0.352 e. The molecule has 0 saturated heterocycles. The summed E-state index contributed by atoms with van der Waals surface area (Å²) in [6.45, 7) is 2.84. The van der Waals surface area contributed by atoms with Crippen LogP contribution in [0.1, 0.15) is 24.7 Å². The van der Waals surface area contributed by atoms with Crippen molar-refractivity contribution in [2.75, 3.05) is 11.9 Å². The van der Waals surface area contributed by atoms with Gasteiger partial charge < -0.3 is 15.2 Å². The normalized spacial score (nSPS) is 12.4. The molecule has 0 bridgehead atoms. The molecule has 0 spiro atoms. The predicted octanol–water partition coefficient (Wildman–Crippen LogP) is 1.73. The van der Waals surface area contributed by atoms with Crippen molar-refractivity contribution in [2.24, 2.45) is 12.8 Å². The summed E-state index contributed by atoms with van der Waals surface area (Å²) < 4.78 is 2.02. The molecule has 0 saturated carbocycles. The van der Waals surface area contributed by atoms with Gasteiger partial charge in [-0.05, 0) is 24.5 Å². The molecule has 5 nitrogen and oxygen atoms in total. The molecule has 0 aliphatic rings. The van der Waals surface area contributed by atoms with E-state index in [-0.39, 0.29) is 6.04 Å². The van der Waals surface area contributed by atoms with Gasteiger partial charge in [-0.1, -0.05) is 13.0 Å². The van der Waals surface area contributed by atoms with Crippen molar-refractivity contribution < 1.29 is 0 Å². The van der Waals surface area contributed by atoms with Crippen LogP contribution in [0.5, 0.6) is 0 Å². The van der Waals surface area contributed by atoms with E-state index in [1.54, 1.807) is 0 Å². The topological polar surface area (TPSA) is 60.0 Å². The van der Waals surface area contributed by atoms with E-state index in [1.165, 1.54) is 5.56 Å². The summed E-state index contributed by atoms with van der Waals surface area (Å²) in [6, 6.07) is 4.36. The van der Waals surface area contributed by atoms with E-state index in [0.29, 0.717) is 0 Å². The highest BCUT2D eigenvalue weighted by Crippen LogP contribution is 2.13. The minimum Gasteiger partial charge on any atom is -0.352 e. The van der Waals surface area contributed by atoms with Crippen molar-refractivity contribution in [1.29, 1.82) is 0 Å². The van der Waals surface area contributed by atoms with Gasteiger partial charge in [0, 0.05) is 38.7 Å². The zero-order valence-electron chi connectivity index (χ0n) is 12.5. The minimum absolute atomic E-state index is 0.216. The lowest BCUT2D eigenvalue weighted by Crippen LogP contribution is -2.22. The van der Waals surface area contributed by atoms with Crippen LogP contribution in [0.4, 0.5) is 5.82 Å². The number of imidazole rings is 1.